The Bertz CT molecular complexity index is 687. The van der Waals surface area contributed by atoms with Gasteiger partial charge in [-0.05, 0) is 42.5 Å². The molecule has 1 aliphatic carbocycles. The molecule has 0 unspecified atom stereocenters. The summed E-state index contributed by atoms with van der Waals surface area (Å²) in [5.74, 6) is -0.229. The Morgan fingerprint density at radius 2 is 1.88 bits per heavy atom. The Balaban J connectivity index is 1.51. The van der Waals surface area contributed by atoms with Crippen molar-refractivity contribution in [3.05, 3.63) is 71.5 Å². The van der Waals surface area contributed by atoms with E-state index in [4.69, 9.17) is 0 Å². The average Bonchev–Trinajstić information content (AvgIpc) is 3.37. The fourth-order valence-electron chi connectivity index (χ4n) is 3.02. The summed E-state index contributed by atoms with van der Waals surface area (Å²) >= 11 is 0. The van der Waals surface area contributed by atoms with Crippen LogP contribution in [0.3, 0.4) is 0 Å². The minimum Gasteiger partial charge on any atom is -0.391 e. The molecule has 4 atom stereocenters. The van der Waals surface area contributed by atoms with Gasteiger partial charge in [0.05, 0.1) is 12.1 Å². The first-order valence-electron chi connectivity index (χ1n) is 8.32. The molecule has 0 spiro atoms. The molecule has 4 heteroatoms. The smallest absolute Gasteiger partial charge is 0.224 e. The van der Waals surface area contributed by atoms with Crippen LogP contribution in [0.1, 0.15) is 30.4 Å². The lowest BCUT2D eigenvalue weighted by Crippen LogP contribution is -2.42. The zero-order valence-corrected chi connectivity index (χ0v) is 13.7. The van der Waals surface area contributed by atoms with Gasteiger partial charge in [-0.25, -0.2) is 4.39 Å². The van der Waals surface area contributed by atoms with E-state index < -0.39 is 6.10 Å². The standard InChI is InChI=1S/C20H22FNO2/c1-13(19(23)11-14-5-3-2-4-6-14)22-20(24)18-12-17(18)15-7-9-16(21)10-8-15/h2-10,13,17-19,23H,11-12H2,1H3,(H,22,24)/t13-,17-,18+,19+/m0/s1. The van der Waals surface area contributed by atoms with Gasteiger partial charge in [-0.1, -0.05) is 42.5 Å². The normalized spacial score (nSPS) is 21.8. The number of carbonyl (C=O) groups excluding carboxylic acids is 1. The average molecular weight is 327 g/mol. The number of hydrogen-bond donors (Lipinski definition) is 2. The van der Waals surface area contributed by atoms with Crippen LogP contribution in [0, 0.1) is 11.7 Å². The molecule has 0 radical (unpaired) electrons. The van der Waals surface area contributed by atoms with Crippen molar-refractivity contribution in [2.24, 2.45) is 5.92 Å². The SMILES string of the molecule is C[C@H](NC(=O)[C@@H]1C[C@H]1c1ccc(F)cc1)[C@H](O)Cc1ccccc1. The predicted molar refractivity (Wildman–Crippen MR) is 91.0 cm³/mol. The highest BCUT2D eigenvalue weighted by Crippen LogP contribution is 2.47. The Morgan fingerprint density at radius 3 is 2.54 bits per heavy atom. The first-order valence-corrected chi connectivity index (χ1v) is 8.32. The fraction of sp³-hybridized carbons (Fsp3) is 0.350. The molecular weight excluding hydrogens is 305 g/mol. The quantitative estimate of drug-likeness (QED) is 0.857. The number of aliphatic hydroxyl groups is 1. The van der Waals surface area contributed by atoms with Crippen molar-refractivity contribution in [2.75, 3.05) is 0 Å². The molecular formula is C20H22FNO2. The molecule has 0 heterocycles. The second-order valence-electron chi connectivity index (χ2n) is 6.55. The maximum absolute atomic E-state index is 13.0. The van der Waals surface area contributed by atoms with Crippen LogP contribution in [0.25, 0.3) is 0 Å². The van der Waals surface area contributed by atoms with E-state index in [1.54, 1.807) is 12.1 Å². The Labute approximate surface area is 141 Å². The molecule has 0 aromatic heterocycles. The van der Waals surface area contributed by atoms with Gasteiger partial charge in [-0.3, -0.25) is 4.79 Å². The molecule has 126 valence electrons. The number of hydrogen-bond acceptors (Lipinski definition) is 2. The van der Waals surface area contributed by atoms with Crippen LogP contribution in [0.2, 0.25) is 0 Å². The number of amides is 1. The molecule has 2 aromatic carbocycles. The molecule has 2 aromatic rings. The van der Waals surface area contributed by atoms with Crippen LogP contribution in [0.5, 0.6) is 0 Å². The molecule has 1 fully saturated rings. The van der Waals surface area contributed by atoms with Crippen molar-refractivity contribution in [3.63, 3.8) is 0 Å². The van der Waals surface area contributed by atoms with E-state index in [0.717, 1.165) is 17.5 Å². The third kappa shape index (κ3) is 4.01. The predicted octanol–water partition coefficient (Wildman–Crippen LogP) is 3.04. The Kier molecular flexibility index (Phi) is 4.95. The summed E-state index contributed by atoms with van der Waals surface area (Å²) in [6, 6.07) is 15.7. The number of halogens is 1. The van der Waals surface area contributed by atoms with Crippen LogP contribution in [0.15, 0.2) is 54.6 Å². The lowest BCUT2D eigenvalue weighted by atomic mass is 10.0. The van der Waals surface area contributed by atoms with E-state index in [9.17, 15) is 14.3 Å². The van der Waals surface area contributed by atoms with Crippen molar-refractivity contribution in [1.82, 2.24) is 5.32 Å². The molecule has 2 N–H and O–H groups in total. The molecule has 0 saturated heterocycles. The monoisotopic (exact) mass is 327 g/mol. The molecule has 24 heavy (non-hydrogen) atoms. The van der Waals surface area contributed by atoms with Gasteiger partial charge >= 0.3 is 0 Å². The van der Waals surface area contributed by atoms with Crippen LogP contribution in [-0.2, 0) is 11.2 Å². The van der Waals surface area contributed by atoms with Crippen molar-refractivity contribution in [3.8, 4) is 0 Å². The van der Waals surface area contributed by atoms with E-state index in [1.807, 2.05) is 37.3 Å². The summed E-state index contributed by atoms with van der Waals surface area (Å²) in [5.41, 5.74) is 2.04. The third-order valence-electron chi connectivity index (χ3n) is 4.66. The summed E-state index contributed by atoms with van der Waals surface area (Å²) in [4.78, 5) is 12.3. The van der Waals surface area contributed by atoms with Crippen LogP contribution in [0.4, 0.5) is 4.39 Å². The molecule has 0 aliphatic heterocycles. The van der Waals surface area contributed by atoms with Gasteiger partial charge in [-0.15, -0.1) is 0 Å². The number of nitrogens with one attached hydrogen (secondary N) is 1. The second kappa shape index (κ2) is 7.14. The highest BCUT2D eigenvalue weighted by atomic mass is 19.1. The summed E-state index contributed by atoms with van der Waals surface area (Å²) < 4.78 is 13.0. The molecule has 1 saturated carbocycles. The Morgan fingerprint density at radius 1 is 1.21 bits per heavy atom. The largest absolute Gasteiger partial charge is 0.391 e. The summed E-state index contributed by atoms with van der Waals surface area (Å²) in [7, 11) is 0. The van der Waals surface area contributed by atoms with Gasteiger partial charge in [0.15, 0.2) is 0 Å². The molecule has 1 amide bonds. The minimum atomic E-state index is -0.626. The maximum Gasteiger partial charge on any atom is 0.224 e. The fourth-order valence-corrected chi connectivity index (χ4v) is 3.02. The number of aliphatic hydroxyl groups excluding tert-OH is 1. The first-order chi connectivity index (χ1) is 11.5. The van der Waals surface area contributed by atoms with Gasteiger partial charge in [0.1, 0.15) is 5.82 Å². The number of carbonyl (C=O) groups is 1. The minimum absolute atomic E-state index is 0.0380. The topological polar surface area (TPSA) is 49.3 Å². The van der Waals surface area contributed by atoms with E-state index in [0.29, 0.717) is 6.42 Å². The lowest BCUT2D eigenvalue weighted by Gasteiger charge is -2.20. The third-order valence-corrected chi connectivity index (χ3v) is 4.66. The highest BCUT2D eigenvalue weighted by Gasteiger charge is 2.44. The van der Waals surface area contributed by atoms with E-state index in [-0.39, 0.29) is 29.6 Å². The van der Waals surface area contributed by atoms with Crippen molar-refractivity contribution < 1.29 is 14.3 Å². The zero-order chi connectivity index (χ0) is 17.1. The molecule has 3 rings (SSSR count). The molecule has 3 nitrogen and oxygen atoms in total. The van der Waals surface area contributed by atoms with Crippen molar-refractivity contribution in [2.45, 2.75) is 37.8 Å². The van der Waals surface area contributed by atoms with Crippen molar-refractivity contribution in [1.29, 1.82) is 0 Å². The van der Waals surface area contributed by atoms with Gasteiger partial charge in [0.2, 0.25) is 5.91 Å². The second-order valence-corrected chi connectivity index (χ2v) is 6.55. The summed E-state index contributed by atoms with van der Waals surface area (Å²) in [5, 5.41) is 13.2. The van der Waals surface area contributed by atoms with Gasteiger partial charge in [-0.2, -0.15) is 0 Å². The number of rotatable bonds is 6. The van der Waals surface area contributed by atoms with Gasteiger partial charge in [0.25, 0.3) is 0 Å². The molecule has 1 aliphatic rings. The zero-order valence-electron chi connectivity index (χ0n) is 13.7. The van der Waals surface area contributed by atoms with Crippen LogP contribution in [-0.4, -0.2) is 23.2 Å². The van der Waals surface area contributed by atoms with E-state index in [2.05, 4.69) is 5.32 Å². The maximum atomic E-state index is 13.0. The van der Waals surface area contributed by atoms with E-state index in [1.165, 1.54) is 12.1 Å². The van der Waals surface area contributed by atoms with E-state index >= 15 is 0 Å². The van der Waals surface area contributed by atoms with Crippen LogP contribution < -0.4 is 5.32 Å². The summed E-state index contributed by atoms with van der Waals surface area (Å²) in [6.07, 6.45) is 0.659. The Hall–Kier alpha value is -2.20. The molecule has 0 bridgehead atoms. The van der Waals surface area contributed by atoms with Crippen molar-refractivity contribution >= 4 is 5.91 Å². The lowest BCUT2D eigenvalue weighted by molar-refractivity contribution is -0.123. The highest BCUT2D eigenvalue weighted by molar-refractivity contribution is 5.83. The van der Waals surface area contributed by atoms with Gasteiger partial charge < -0.3 is 10.4 Å². The first kappa shape index (κ1) is 16.7. The summed E-state index contributed by atoms with van der Waals surface area (Å²) in [6.45, 7) is 1.82. The number of benzene rings is 2. The van der Waals surface area contributed by atoms with Gasteiger partial charge in [0, 0.05) is 12.3 Å². The van der Waals surface area contributed by atoms with Crippen LogP contribution >= 0.6 is 0 Å².